The summed E-state index contributed by atoms with van der Waals surface area (Å²) in [6, 6.07) is 53.5. The summed E-state index contributed by atoms with van der Waals surface area (Å²) in [6.07, 6.45) is 9.98. The van der Waals surface area contributed by atoms with Crippen LogP contribution in [-0.4, -0.2) is 0 Å². The number of allylic oxidation sites excluding steroid dienone is 3. The van der Waals surface area contributed by atoms with E-state index in [0.717, 1.165) is 36.3 Å². The Kier molecular flexibility index (Phi) is 6.42. The number of benzene rings is 6. The fourth-order valence-electron chi connectivity index (χ4n) is 7.32. The van der Waals surface area contributed by atoms with Crippen molar-refractivity contribution in [2.45, 2.75) is 19.3 Å². The maximum absolute atomic E-state index is 2.38. The van der Waals surface area contributed by atoms with Crippen LogP contribution < -0.4 is 4.90 Å². The molecular weight excluding hydrogens is 555 g/mol. The molecule has 218 valence electrons. The topological polar surface area (TPSA) is 3.24 Å². The SMILES string of the molecule is C1=C(c2ccc(N(c3ccc(C4=Cc5ccccc5C4)cc3)c3ccc(C4=Cc5ccccc5C4)cc3)cc2)Cc2ccccc21. The smallest absolute Gasteiger partial charge is 0.0462 e. The molecule has 46 heavy (non-hydrogen) atoms. The number of fused-ring (bicyclic) bond motifs is 3. The first kappa shape index (κ1) is 26.7. The van der Waals surface area contributed by atoms with E-state index < -0.39 is 0 Å². The monoisotopic (exact) mass is 587 g/mol. The number of hydrogen-bond donors (Lipinski definition) is 0. The number of hydrogen-bond acceptors (Lipinski definition) is 1. The second-order valence-electron chi connectivity index (χ2n) is 12.6. The van der Waals surface area contributed by atoms with Gasteiger partial charge < -0.3 is 4.90 Å². The molecule has 1 nitrogen and oxygen atoms in total. The molecule has 9 rings (SSSR count). The Balaban J connectivity index is 1.04. The molecule has 0 saturated carbocycles. The maximum Gasteiger partial charge on any atom is 0.0462 e. The van der Waals surface area contributed by atoms with E-state index in [9.17, 15) is 0 Å². The molecule has 0 atom stereocenters. The van der Waals surface area contributed by atoms with Crippen LogP contribution in [0.25, 0.3) is 34.9 Å². The largest absolute Gasteiger partial charge is 0.311 e. The van der Waals surface area contributed by atoms with Crippen LogP contribution in [0.5, 0.6) is 0 Å². The van der Waals surface area contributed by atoms with Gasteiger partial charge in [0.2, 0.25) is 0 Å². The quantitative estimate of drug-likeness (QED) is 0.187. The lowest BCUT2D eigenvalue weighted by molar-refractivity contribution is 1.26. The Bertz CT molecular complexity index is 1940. The first-order valence-electron chi connectivity index (χ1n) is 16.2. The van der Waals surface area contributed by atoms with Crippen LogP contribution in [0.4, 0.5) is 17.1 Å². The first-order valence-corrected chi connectivity index (χ1v) is 16.2. The molecule has 0 radical (unpaired) electrons. The van der Waals surface area contributed by atoms with Crippen molar-refractivity contribution in [2.24, 2.45) is 0 Å². The maximum atomic E-state index is 2.38. The van der Waals surface area contributed by atoms with E-state index in [0.29, 0.717) is 0 Å². The molecule has 0 heterocycles. The fourth-order valence-corrected chi connectivity index (χ4v) is 7.32. The summed E-state index contributed by atoms with van der Waals surface area (Å²) in [4.78, 5) is 2.38. The van der Waals surface area contributed by atoms with Crippen LogP contribution in [0.1, 0.15) is 50.1 Å². The first-order chi connectivity index (χ1) is 22.7. The third-order valence-corrected chi connectivity index (χ3v) is 9.79. The summed E-state index contributed by atoms with van der Waals surface area (Å²) in [5.74, 6) is 0. The summed E-state index contributed by atoms with van der Waals surface area (Å²) < 4.78 is 0. The summed E-state index contributed by atoms with van der Waals surface area (Å²) >= 11 is 0. The molecule has 0 aliphatic heterocycles. The minimum atomic E-state index is 0.988. The molecule has 0 bridgehead atoms. The van der Waals surface area contributed by atoms with Gasteiger partial charge in [-0.15, -0.1) is 0 Å². The zero-order valence-corrected chi connectivity index (χ0v) is 25.7. The Morgan fingerprint density at radius 2 is 0.587 bits per heavy atom. The van der Waals surface area contributed by atoms with Gasteiger partial charge in [-0.25, -0.2) is 0 Å². The highest BCUT2D eigenvalue weighted by Crippen LogP contribution is 2.40. The second kappa shape index (κ2) is 11.1. The minimum Gasteiger partial charge on any atom is -0.311 e. The van der Waals surface area contributed by atoms with Crippen molar-refractivity contribution < 1.29 is 0 Å². The highest BCUT2D eigenvalue weighted by atomic mass is 15.1. The molecule has 3 aliphatic carbocycles. The second-order valence-corrected chi connectivity index (χ2v) is 12.6. The van der Waals surface area contributed by atoms with Gasteiger partial charge in [0.1, 0.15) is 0 Å². The lowest BCUT2D eigenvalue weighted by Gasteiger charge is -2.26. The summed E-state index contributed by atoms with van der Waals surface area (Å²) in [5, 5.41) is 0. The zero-order chi connectivity index (χ0) is 30.5. The Hall–Kier alpha value is -5.66. The van der Waals surface area contributed by atoms with Crippen molar-refractivity contribution in [3.63, 3.8) is 0 Å². The van der Waals surface area contributed by atoms with Gasteiger partial charge in [0, 0.05) is 17.1 Å². The molecule has 0 spiro atoms. The molecule has 0 amide bonds. The third kappa shape index (κ3) is 4.82. The van der Waals surface area contributed by atoms with Gasteiger partial charge in [-0.1, -0.05) is 127 Å². The van der Waals surface area contributed by atoms with Crippen molar-refractivity contribution in [1.29, 1.82) is 0 Å². The van der Waals surface area contributed by atoms with Gasteiger partial charge in [-0.05, 0) is 122 Å². The van der Waals surface area contributed by atoms with Crippen LogP contribution in [0.15, 0.2) is 146 Å². The van der Waals surface area contributed by atoms with Gasteiger partial charge in [0.15, 0.2) is 0 Å². The van der Waals surface area contributed by atoms with Crippen LogP contribution in [0.3, 0.4) is 0 Å². The minimum absolute atomic E-state index is 0.988. The predicted molar refractivity (Wildman–Crippen MR) is 195 cm³/mol. The Morgan fingerprint density at radius 3 is 0.870 bits per heavy atom. The Morgan fingerprint density at radius 1 is 0.304 bits per heavy atom. The van der Waals surface area contributed by atoms with Crippen molar-refractivity contribution in [1.82, 2.24) is 0 Å². The van der Waals surface area contributed by atoms with Gasteiger partial charge in [-0.3, -0.25) is 0 Å². The lowest BCUT2D eigenvalue weighted by Crippen LogP contribution is -2.10. The molecule has 0 N–H and O–H groups in total. The predicted octanol–water partition coefficient (Wildman–Crippen LogP) is 11.4. The van der Waals surface area contributed by atoms with E-state index in [1.807, 2.05) is 0 Å². The molecule has 3 aliphatic rings. The van der Waals surface area contributed by atoms with Crippen molar-refractivity contribution >= 4 is 52.0 Å². The van der Waals surface area contributed by atoms with E-state index in [-0.39, 0.29) is 0 Å². The number of nitrogens with zero attached hydrogens (tertiary/aromatic N) is 1. The molecule has 0 saturated heterocycles. The van der Waals surface area contributed by atoms with E-state index in [1.165, 1.54) is 66.8 Å². The average Bonchev–Trinajstić information content (AvgIpc) is 3.86. The molecule has 1 heteroatoms. The summed E-state index contributed by atoms with van der Waals surface area (Å²) in [7, 11) is 0. The van der Waals surface area contributed by atoms with E-state index in [1.54, 1.807) is 0 Å². The number of anilines is 3. The van der Waals surface area contributed by atoms with Crippen LogP contribution in [-0.2, 0) is 19.3 Å². The summed E-state index contributed by atoms with van der Waals surface area (Å²) in [6.45, 7) is 0. The van der Waals surface area contributed by atoms with Gasteiger partial charge >= 0.3 is 0 Å². The van der Waals surface area contributed by atoms with Gasteiger partial charge in [0.05, 0.1) is 0 Å². The normalized spacial score (nSPS) is 14.2. The van der Waals surface area contributed by atoms with Gasteiger partial charge in [-0.2, -0.15) is 0 Å². The third-order valence-electron chi connectivity index (χ3n) is 9.79. The van der Waals surface area contributed by atoms with Crippen molar-refractivity contribution in [2.75, 3.05) is 4.90 Å². The summed E-state index contributed by atoms with van der Waals surface area (Å²) in [5.41, 5.74) is 19.7. The van der Waals surface area contributed by atoms with Crippen molar-refractivity contribution in [3.05, 3.63) is 196 Å². The lowest BCUT2D eigenvalue weighted by atomic mass is 10.0. The van der Waals surface area contributed by atoms with Crippen LogP contribution >= 0.6 is 0 Å². The average molecular weight is 588 g/mol. The van der Waals surface area contributed by atoms with Crippen LogP contribution in [0.2, 0.25) is 0 Å². The molecular formula is C45H33N. The van der Waals surface area contributed by atoms with E-state index in [4.69, 9.17) is 0 Å². The Labute approximate surface area is 271 Å². The molecule has 0 fully saturated rings. The number of rotatable bonds is 6. The van der Waals surface area contributed by atoms with Crippen LogP contribution in [0, 0.1) is 0 Å². The van der Waals surface area contributed by atoms with Crippen molar-refractivity contribution in [3.8, 4) is 0 Å². The standard InChI is InChI=1S/C45H33N/c1-2-8-35-26-40(25-34(35)7-1)31-13-19-43(20-14-31)46(44-21-15-32(16-22-44)41-27-36-9-3-4-10-37(36)28-41)45-23-17-33(18-24-45)42-29-38-11-5-6-12-39(38)30-42/h1-25,27,29H,26,28,30H2. The fraction of sp³-hybridized carbons (Fsp3) is 0.0667. The zero-order valence-electron chi connectivity index (χ0n) is 25.7. The molecule has 0 aromatic heterocycles. The highest BCUT2D eigenvalue weighted by Gasteiger charge is 2.19. The molecule has 6 aromatic carbocycles. The highest BCUT2D eigenvalue weighted by molar-refractivity contribution is 5.92. The van der Waals surface area contributed by atoms with E-state index >= 15 is 0 Å². The molecule has 0 unspecified atom stereocenters. The molecule has 6 aromatic rings. The van der Waals surface area contributed by atoms with Gasteiger partial charge in [0.25, 0.3) is 0 Å². The van der Waals surface area contributed by atoms with E-state index in [2.05, 4.69) is 169 Å².